The number of hydrogen-bond acceptors (Lipinski definition) is 7. The average molecular weight is 323 g/mol. The maximum Gasteiger partial charge on any atom is 0.230 e. The zero-order valence-corrected chi connectivity index (χ0v) is 13.5. The molecule has 0 radical (unpaired) electrons. The minimum Gasteiger partial charge on any atom is -0.351 e. The van der Waals surface area contributed by atoms with Crippen molar-refractivity contribution in [2.24, 2.45) is 5.92 Å². The molecule has 1 saturated heterocycles. The molecule has 1 N–H and O–H groups in total. The van der Waals surface area contributed by atoms with Crippen LogP contribution in [-0.2, 0) is 9.84 Å². The van der Waals surface area contributed by atoms with Gasteiger partial charge in [0.1, 0.15) is 5.82 Å². The highest BCUT2D eigenvalue weighted by Crippen LogP contribution is 2.45. The van der Waals surface area contributed by atoms with Crippen LogP contribution in [0.5, 0.6) is 0 Å². The predicted molar refractivity (Wildman–Crippen MR) is 83.9 cm³/mol. The summed E-state index contributed by atoms with van der Waals surface area (Å²) in [4.78, 5) is 15.7. The Balaban J connectivity index is 1.59. The molecule has 22 heavy (non-hydrogen) atoms. The maximum atomic E-state index is 11.6. The molecule has 2 saturated carbocycles. The van der Waals surface area contributed by atoms with Crippen LogP contribution in [0.4, 0.5) is 11.9 Å². The lowest BCUT2D eigenvalue weighted by Crippen LogP contribution is -2.41. The predicted octanol–water partition coefficient (Wildman–Crippen LogP) is 0.804. The van der Waals surface area contributed by atoms with Crippen LogP contribution in [-0.4, -0.2) is 54.0 Å². The van der Waals surface area contributed by atoms with Crippen molar-refractivity contribution >= 4 is 21.7 Å². The first-order chi connectivity index (χ1) is 10.5. The minimum atomic E-state index is -2.89. The van der Waals surface area contributed by atoms with Crippen LogP contribution in [0.1, 0.15) is 37.9 Å². The number of rotatable bonds is 4. The molecule has 0 bridgehead atoms. The normalized spacial score (nSPS) is 30.1. The molecule has 4 rings (SSSR count). The summed E-state index contributed by atoms with van der Waals surface area (Å²) < 4.78 is 23.2. The molecule has 0 spiro atoms. The lowest BCUT2D eigenvalue weighted by molar-refractivity contribution is 0.585. The number of aromatic nitrogens is 3. The summed E-state index contributed by atoms with van der Waals surface area (Å²) in [5, 5.41) is 3.34. The number of hydrogen-bond donors (Lipinski definition) is 1. The lowest BCUT2D eigenvalue weighted by Gasteiger charge is -2.27. The van der Waals surface area contributed by atoms with Crippen LogP contribution in [0, 0.1) is 5.92 Å². The summed E-state index contributed by atoms with van der Waals surface area (Å²) in [7, 11) is -2.89. The zero-order chi connectivity index (χ0) is 15.3. The molecule has 120 valence electrons. The van der Waals surface area contributed by atoms with E-state index < -0.39 is 9.84 Å². The Morgan fingerprint density at radius 1 is 1.14 bits per heavy atom. The fraction of sp³-hybridized carbons (Fsp3) is 0.786. The fourth-order valence-electron chi connectivity index (χ4n) is 2.76. The zero-order valence-electron chi connectivity index (χ0n) is 12.7. The topological polar surface area (TPSA) is 88.1 Å². The Bertz CT molecular complexity index is 674. The van der Waals surface area contributed by atoms with Crippen LogP contribution in [0.15, 0.2) is 0 Å². The van der Waals surface area contributed by atoms with E-state index >= 15 is 0 Å². The number of sulfone groups is 1. The number of nitrogens with zero attached hydrogens (tertiary/aromatic N) is 4. The van der Waals surface area contributed by atoms with Crippen molar-refractivity contribution in [3.63, 3.8) is 0 Å². The smallest absolute Gasteiger partial charge is 0.230 e. The molecule has 3 aliphatic rings. The van der Waals surface area contributed by atoms with E-state index in [2.05, 4.69) is 27.2 Å². The molecule has 0 unspecified atom stereocenters. The SMILES string of the molecule is C[C@H]1C[C@@H]1c1nc(NC2CC2)nc(N2CCS(=O)(=O)CC2)n1. The molecule has 3 fully saturated rings. The van der Waals surface area contributed by atoms with E-state index in [4.69, 9.17) is 0 Å². The highest BCUT2D eigenvalue weighted by Gasteiger charge is 2.38. The van der Waals surface area contributed by atoms with Crippen molar-refractivity contribution in [2.75, 3.05) is 34.8 Å². The number of anilines is 2. The van der Waals surface area contributed by atoms with Crippen molar-refractivity contribution < 1.29 is 8.42 Å². The van der Waals surface area contributed by atoms with E-state index in [0.717, 1.165) is 25.1 Å². The highest BCUT2D eigenvalue weighted by atomic mass is 32.2. The molecule has 2 atom stereocenters. The second-order valence-electron chi connectivity index (χ2n) is 6.69. The summed E-state index contributed by atoms with van der Waals surface area (Å²) in [6, 6.07) is 0.487. The van der Waals surface area contributed by atoms with Crippen LogP contribution >= 0.6 is 0 Å². The molecule has 8 heteroatoms. The van der Waals surface area contributed by atoms with Crippen LogP contribution in [0.3, 0.4) is 0 Å². The van der Waals surface area contributed by atoms with Gasteiger partial charge in [0, 0.05) is 25.0 Å². The average Bonchev–Trinajstić information content (AvgIpc) is 3.37. The Morgan fingerprint density at radius 3 is 2.41 bits per heavy atom. The lowest BCUT2D eigenvalue weighted by atomic mass is 10.3. The van der Waals surface area contributed by atoms with Gasteiger partial charge < -0.3 is 10.2 Å². The molecule has 0 amide bonds. The van der Waals surface area contributed by atoms with Gasteiger partial charge in [0.25, 0.3) is 0 Å². The minimum absolute atomic E-state index is 0.180. The van der Waals surface area contributed by atoms with Crippen LogP contribution < -0.4 is 10.2 Å². The first-order valence-corrected chi connectivity index (χ1v) is 9.80. The van der Waals surface area contributed by atoms with Crippen LogP contribution in [0.2, 0.25) is 0 Å². The van der Waals surface area contributed by atoms with Gasteiger partial charge in [-0.15, -0.1) is 0 Å². The van der Waals surface area contributed by atoms with Gasteiger partial charge in [0.05, 0.1) is 11.5 Å². The summed E-state index contributed by atoms with van der Waals surface area (Å²) >= 11 is 0. The van der Waals surface area contributed by atoms with Gasteiger partial charge in [-0.3, -0.25) is 0 Å². The van der Waals surface area contributed by atoms with Crippen molar-refractivity contribution in [2.45, 2.75) is 38.1 Å². The van der Waals surface area contributed by atoms with E-state index in [0.29, 0.717) is 42.9 Å². The van der Waals surface area contributed by atoms with Crippen LogP contribution in [0.25, 0.3) is 0 Å². The van der Waals surface area contributed by atoms with Crippen molar-refractivity contribution in [3.05, 3.63) is 5.82 Å². The quantitative estimate of drug-likeness (QED) is 0.877. The molecule has 0 aromatic carbocycles. The summed E-state index contributed by atoms with van der Waals surface area (Å²) in [5.41, 5.74) is 0. The molecule has 1 aliphatic heterocycles. The van der Waals surface area contributed by atoms with E-state index in [1.807, 2.05) is 4.90 Å². The Labute approximate surface area is 130 Å². The second-order valence-corrected chi connectivity index (χ2v) is 9.00. The van der Waals surface area contributed by atoms with Crippen molar-refractivity contribution in [1.29, 1.82) is 0 Å². The first-order valence-electron chi connectivity index (χ1n) is 7.98. The van der Waals surface area contributed by atoms with Gasteiger partial charge in [-0.25, -0.2) is 8.42 Å². The standard InChI is InChI=1S/C14H21N5O2S/c1-9-8-11(9)12-16-13(15-10-2-3-10)18-14(17-12)19-4-6-22(20,21)7-5-19/h9-11H,2-8H2,1H3,(H,15,16,17,18)/t9-,11-/m0/s1. The third-order valence-electron chi connectivity index (χ3n) is 4.62. The Hall–Kier alpha value is -1.44. The van der Waals surface area contributed by atoms with Gasteiger partial charge >= 0.3 is 0 Å². The van der Waals surface area contributed by atoms with Gasteiger partial charge in [-0.05, 0) is 25.2 Å². The van der Waals surface area contributed by atoms with E-state index in [9.17, 15) is 8.42 Å². The molecule has 1 aromatic rings. The van der Waals surface area contributed by atoms with E-state index in [1.165, 1.54) is 0 Å². The van der Waals surface area contributed by atoms with Gasteiger partial charge in [-0.2, -0.15) is 15.0 Å². The second kappa shape index (κ2) is 5.04. The van der Waals surface area contributed by atoms with Gasteiger partial charge in [0.15, 0.2) is 9.84 Å². The molecule has 2 heterocycles. The molecule has 7 nitrogen and oxygen atoms in total. The summed E-state index contributed by atoms with van der Waals surface area (Å²) in [6.07, 6.45) is 3.46. The third-order valence-corrected chi connectivity index (χ3v) is 6.23. The molecular formula is C14H21N5O2S. The Morgan fingerprint density at radius 2 is 1.82 bits per heavy atom. The van der Waals surface area contributed by atoms with E-state index in [1.54, 1.807) is 0 Å². The number of nitrogens with one attached hydrogen (secondary N) is 1. The molecular weight excluding hydrogens is 302 g/mol. The van der Waals surface area contributed by atoms with E-state index in [-0.39, 0.29) is 11.5 Å². The fourth-order valence-corrected chi connectivity index (χ4v) is 3.96. The summed E-state index contributed by atoms with van der Waals surface area (Å²) in [6.45, 7) is 3.14. The molecule has 1 aromatic heterocycles. The van der Waals surface area contributed by atoms with Crippen molar-refractivity contribution in [1.82, 2.24) is 15.0 Å². The highest BCUT2D eigenvalue weighted by molar-refractivity contribution is 7.91. The first kappa shape index (κ1) is 14.2. The monoisotopic (exact) mass is 323 g/mol. The van der Waals surface area contributed by atoms with Gasteiger partial charge in [0.2, 0.25) is 11.9 Å². The summed E-state index contributed by atoms with van der Waals surface area (Å²) in [5.74, 6) is 3.55. The molecule has 2 aliphatic carbocycles. The maximum absolute atomic E-state index is 11.6. The Kier molecular flexibility index (Phi) is 3.25. The third kappa shape index (κ3) is 3.02. The van der Waals surface area contributed by atoms with Gasteiger partial charge in [-0.1, -0.05) is 6.92 Å². The van der Waals surface area contributed by atoms with Crippen molar-refractivity contribution in [3.8, 4) is 0 Å². The largest absolute Gasteiger partial charge is 0.351 e.